The fourth-order valence-corrected chi connectivity index (χ4v) is 5.56. The lowest BCUT2D eigenvalue weighted by molar-refractivity contribution is 0.0204. The molecule has 29 heavy (non-hydrogen) atoms. The zero-order valence-corrected chi connectivity index (χ0v) is 17.0. The third-order valence-corrected chi connectivity index (χ3v) is 6.85. The van der Waals surface area contributed by atoms with Crippen LogP contribution in [0.25, 0.3) is 11.3 Å². The second-order valence-corrected chi connectivity index (χ2v) is 8.86. The minimum atomic E-state index is 0.446. The van der Waals surface area contributed by atoms with Crippen LogP contribution in [0.4, 0.5) is 5.82 Å². The van der Waals surface area contributed by atoms with Gasteiger partial charge in [0.1, 0.15) is 17.6 Å². The number of rotatable bonds is 3. The SMILES string of the molecule is CN1CC2(CCC(N3CCN(c4nc(C#N)ccc4-c4cnccn4)CC3)C2)C1. The van der Waals surface area contributed by atoms with Gasteiger partial charge in [-0.1, -0.05) is 0 Å². The van der Waals surface area contributed by atoms with Gasteiger partial charge in [-0.3, -0.25) is 14.9 Å². The minimum absolute atomic E-state index is 0.446. The first-order valence-electron chi connectivity index (χ1n) is 10.5. The molecule has 1 unspecified atom stereocenters. The lowest BCUT2D eigenvalue weighted by Crippen LogP contribution is -2.54. The van der Waals surface area contributed by atoms with Gasteiger partial charge in [-0.2, -0.15) is 5.26 Å². The van der Waals surface area contributed by atoms with Gasteiger partial charge in [-0.05, 0) is 43.9 Å². The second kappa shape index (κ2) is 7.36. The van der Waals surface area contributed by atoms with E-state index in [4.69, 9.17) is 0 Å². The zero-order chi connectivity index (χ0) is 19.8. The van der Waals surface area contributed by atoms with E-state index >= 15 is 0 Å². The number of likely N-dealkylation sites (tertiary alicyclic amines) is 1. The Labute approximate surface area is 172 Å². The van der Waals surface area contributed by atoms with Crippen molar-refractivity contribution in [3.8, 4) is 17.3 Å². The largest absolute Gasteiger partial charge is 0.353 e. The molecule has 2 aliphatic heterocycles. The Bertz CT molecular complexity index is 909. The standard InChI is InChI=1S/C22H27N7/c1-27-15-22(16-27)5-4-18(12-22)28-8-10-29(11-9-28)21-19(3-2-17(13-23)26-21)20-14-24-6-7-25-20/h2-3,6-7,14,18H,4-5,8-12,15-16H2,1H3. The second-order valence-electron chi connectivity index (χ2n) is 8.86. The fraction of sp³-hybridized carbons (Fsp3) is 0.545. The molecule has 3 aliphatic rings. The van der Waals surface area contributed by atoms with Gasteiger partial charge in [0.2, 0.25) is 0 Å². The van der Waals surface area contributed by atoms with Gasteiger partial charge < -0.3 is 9.80 Å². The zero-order valence-electron chi connectivity index (χ0n) is 17.0. The molecule has 1 spiro atoms. The molecule has 0 aromatic carbocycles. The van der Waals surface area contributed by atoms with Crippen LogP contribution in [-0.4, -0.2) is 77.1 Å². The molecule has 0 amide bonds. The molecule has 0 radical (unpaired) electrons. The normalized spacial score (nSPS) is 24.4. The average molecular weight is 390 g/mol. The third-order valence-electron chi connectivity index (χ3n) is 6.85. The lowest BCUT2D eigenvalue weighted by Gasteiger charge is -2.47. The summed E-state index contributed by atoms with van der Waals surface area (Å²) >= 11 is 0. The average Bonchev–Trinajstić information content (AvgIpc) is 3.19. The predicted octanol–water partition coefficient (Wildman–Crippen LogP) is 2.02. The van der Waals surface area contributed by atoms with E-state index in [-0.39, 0.29) is 0 Å². The summed E-state index contributed by atoms with van der Waals surface area (Å²) in [5.74, 6) is 0.854. The maximum Gasteiger partial charge on any atom is 0.142 e. The topological polar surface area (TPSA) is 72.2 Å². The Morgan fingerprint density at radius 2 is 1.97 bits per heavy atom. The predicted molar refractivity (Wildman–Crippen MR) is 111 cm³/mol. The molecule has 4 heterocycles. The van der Waals surface area contributed by atoms with E-state index in [1.807, 2.05) is 6.07 Å². The minimum Gasteiger partial charge on any atom is -0.353 e. The summed E-state index contributed by atoms with van der Waals surface area (Å²) in [5.41, 5.74) is 2.79. The van der Waals surface area contributed by atoms with E-state index < -0.39 is 0 Å². The summed E-state index contributed by atoms with van der Waals surface area (Å²) in [6.07, 6.45) is 9.20. The van der Waals surface area contributed by atoms with Crippen LogP contribution in [0.5, 0.6) is 0 Å². The molecule has 2 aromatic heterocycles. The highest BCUT2D eigenvalue weighted by atomic mass is 15.3. The summed E-state index contributed by atoms with van der Waals surface area (Å²) in [7, 11) is 2.23. The Morgan fingerprint density at radius 3 is 2.66 bits per heavy atom. The first kappa shape index (κ1) is 18.5. The van der Waals surface area contributed by atoms with Crippen molar-refractivity contribution < 1.29 is 0 Å². The molecular formula is C22H27N7. The Balaban J connectivity index is 1.30. The molecule has 2 saturated heterocycles. The summed E-state index contributed by atoms with van der Waals surface area (Å²) in [5, 5.41) is 9.33. The van der Waals surface area contributed by atoms with Crippen molar-refractivity contribution in [1.82, 2.24) is 24.8 Å². The van der Waals surface area contributed by atoms with E-state index in [1.54, 1.807) is 24.7 Å². The summed E-state index contributed by atoms with van der Waals surface area (Å²) in [4.78, 5) is 20.7. The van der Waals surface area contributed by atoms with Crippen LogP contribution in [0.15, 0.2) is 30.7 Å². The maximum absolute atomic E-state index is 9.33. The van der Waals surface area contributed by atoms with Gasteiger partial charge in [0.15, 0.2) is 0 Å². The molecule has 5 rings (SSSR count). The monoisotopic (exact) mass is 389 g/mol. The number of hydrogen-bond acceptors (Lipinski definition) is 7. The van der Waals surface area contributed by atoms with E-state index in [0.29, 0.717) is 11.1 Å². The van der Waals surface area contributed by atoms with Crippen LogP contribution < -0.4 is 4.90 Å². The molecule has 7 heteroatoms. The number of pyridine rings is 1. The van der Waals surface area contributed by atoms with Crippen LogP contribution in [-0.2, 0) is 0 Å². The molecular weight excluding hydrogens is 362 g/mol. The molecule has 3 fully saturated rings. The number of hydrogen-bond donors (Lipinski definition) is 0. The molecule has 1 atom stereocenters. The van der Waals surface area contributed by atoms with Crippen LogP contribution in [0, 0.1) is 16.7 Å². The summed E-state index contributed by atoms with van der Waals surface area (Å²) in [6, 6.07) is 6.61. The van der Waals surface area contributed by atoms with Crippen LogP contribution in [0.2, 0.25) is 0 Å². The van der Waals surface area contributed by atoms with Crippen molar-refractivity contribution in [2.45, 2.75) is 25.3 Å². The van der Waals surface area contributed by atoms with Crippen molar-refractivity contribution in [3.63, 3.8) is 0 Å². The Morgan fingerprint density at radius 1 is 1.14 bits per heavy atom. The highest BCUT2D eigenvalue weighted by Gasteiger charge is 2.48. The van der Waals surface area contributed by atoms with Crippen LogP contribution >= 0.6 is 0 Å². The van der Waals surface area contributed by atoms with Crippen molar-refractivity contribution in [1.29, 1.82) is 5.26 Å². The van der Waals surface area contributed by atoms with E-state index in [1.165, 1.54) is 32.4 Å². The van der Waals surface area contributed by atoms with Crippen LogP contribution in [0.1, 0.15) is 25.0 Å². The van der Waals surface area contributed by atoms with Gasteiger partial charge in [-0.15, -0.1) is 0 Å². The van der Waals surface area contributed by atoms with Crippen molar-refractivity contribution in [2.24, 2.45) is 5.41 Å². The molecule has 1 saturated carbocycles. The molecule has 0 bridgehead atoms. The first-order chi connectivity index (χ1) is 14.2. The van der Waals surface area contributed by atoms with Crippen LogP contribution in [0.3, 0.4) is 0 Å². The number of piperazine rings is 1. The van der Waals surface area contributed by atoms with Gasteiger partial charge in [0.25, 0.3) is 0 Å². The highest BCUT2D eigenvalue weighted by molar-refractivity contribution is 5.73. The maximum atomic E-state index is 9.33. The lowest BCUT2D eigenvalue weighted by atomic mass is 9.78. The number of aromatic nitrogens is 3. The molecule has 7 nitrogen and oxygen atoms in total. The number of nitrogens with zero attached hydrogens (tertiary/aromatic N) is 7. The third kappa shape index (κ3) is 3.47. The Hall–Kier alpha value is -2.56. The molecule has 2 aromatic rings. The smallest absolute Gasteiger partial charge is 0.142 e. The summed E-state index contributed by atoms with van der Waals surface area (Å²) < 4.78 is 0. The fourth-order valence-electron chi connectivity index (χ4n) is 5.56. The summed E-state index contributed by atoms with van der Waals surface area (Å²) in [6.45, 7) is 6.51. The molecule has 150 valence electrons. The van der Waals surface area contributed by atoms with E-state index in [9.17, 15) is 5.26 Å². The van der Waals surface area contributed by atoms with E-state index in [2.05, 4.69) is 42.8 Å². The first-order valence-corrected chi connectivity index (χ1v) is 10.5. The highest BCUT2D eigenvalue weighted by Crippen LogP contribution is 2.46. The van der Waals surface area contributed by atoms with Gasteiger partial charge >= 0.3 is 0 Å². The van der Waals surface area contributed by atoms with Gasteiger partial charge in [-0.25, -0.2) is 4.98 Å². The number of anilines is 1. The van der Waals surface area contributed by atoms with Crippen molar-refractivity contribution in [2.75, 3.05) is 51.2 Å². The van der Waals surface area contributed by atoms with Crippen molar-refractivity contribution >= 4 is 5.82 Å². The van der Waals surface area contributed by atoms with Crippen molar-refractivity contribution in [3.05, 3.63) is 36.4 Å². The molecule has 0 N–H and O–H groups in total. The van der Waals surface area contributed by atoms with Gasteiger partial charge in [0.05, 0.1) is 11.9 Å². The van der Waals surface area contributed by atoms with E-state index in [0.717, 1.165) is 49.3 Å². The molecule has 1 aliphatic carbocycles. The quantitative estimate of drug-likeness (QED) is 0.795. The Kier molecular flexibility index (Phi) is 4.69. The van der Waals surface area contributed by atoms with Gasteiger partial charge in [0, 0.05) is 63.3 Å². The number of nitriles is 1.